The number of halogens is 3. The van der Waals surface area contributed by atoms with Crippen LogP contribution in [-0.2, 0) is 19.5 Å². The van der Waals surface area contributed by atoms with E-state index in [4.69, 9.17) is 34.8 Å². The van der Waals surface area contributed by atoms with Crippen molar-refractivity contribution in [3.8, 4) is 0 Å². The van der Waals surface area contributed by atoms with E-state index in [1.807, 2.05) is 4.68 Å². The molecule has 0 atom stereocenters. The van der Waals surface area contributed by atoms with Gasteiger partial charge < -0.3 is 5.32 Å². The van der Waals surface area contributed by atoms with Crippen molar-refractivity contribution in [2.45, 2.75) is 33.4 Å². The number of hydrogen-bond acceptors (Lipinski definition) is 2. The molecular weight excluding hydrogens is 317 g/mol. The van der Waals surface area contributed by atoms with Crippen molar-refractivity contribution < 1.29 is 0 Å². The Labute approximate surface area is 133 Å². The fraction of sp³-hybridized carbons (Fsp3) is 0.357. The molecule has 0 aliphatic heterocycles. The predicted molar refractivity (Wildman–Crippen MR) is 86.1 cm³/mol. The van der Waals surface area contributed by atoms with E-state index in [9.17, 15) is 0 Å². The summed E-state index contributed by atoms with van der Waals surface area (Å²) >= 11 is 18.2. The molecule has 1 aromatic heterocycles. The summed E-state index contributed by atoms with van der Waals surface area (Å²) in [6, 6.07) is 5.44. The van der Waals surface area contributed by atoms with Gasteiger partial charge in [0.2, 0.25) is 0 Å². The van der Waals surface area contributed by atoms with Gasteiger partial charge in [0.25, 0.3) is 0 Å². The fourth-order valence-corrected chi connectivity index (χ4v) is 2.94. The summed E-state index contributed by atoms with van der Waals surface area (Å²) in [6.07, 6.45) is 0.919. The molecule has 2 aromatic rings. The van der Waals surface area contributed by atoms with Crippen LogP contribution in [0.5, 0.6) is 0 Å². The van der Waals surface area contributed by atoms with Crippen LogP contribution < -0.4 is 5.32 Å². The summed E-state index contributed by atoms with van der Waals surface area (Å²) in [5.41, 5.74) is 2.88. The highest BCUT2D eigenvalue weighted by molar-refractivity contribution is 6.41. The molecule has 0 saturated carbocycles. The van der Waals surface area contributed by atoms with Gasteiger partial charge in [-0.2, -0.15) is 5.10 Å². The van der Waals surface area contributed by atoms with Crippen molar-refractivity contribution >= 4 is 40.5 Å². The van der Waals surface area contributed by atoms with Crippen LogP contribution in [0, 0.1) is 0 Å². The van der Waals surface area contributed by atoms with Gasteiger partial charge in [-0.3, -0.25) is 4.68 Å². The molecule has 3 nitrogen and oxygen atoms in total. The molecule has 1 heterocycles. The molecule has 6 heteroatoms. The van der Waals surface area contributed by atoms with Gasteiger partial charge in [-0.25, -0.2) is 0 Å². The first-order valence-corrected chi connectivity index (χ1v) is 7.62. The number of anilines is 1. The quantitative estimate of drug-likeness (QED) is 0.831. The molecule has 0 unspecified atom stereocenters. The van der Waals surface area contributed by atoms with Gasteiger partial charge in [0.1, 0.15) is 0 Å². The van der Waals surface area contributed by atoms with Gasteiger partial charge in [-0.15, -0.1) is 0 Å². The smallest absolute Gasteiger partial charge is 0.0723 e. The number of nitrogens with one attached hydrogen (secondary N) is 1. The first-order chi connectivity index (χ1) is 9.55. The van der Waals surface area contributed by atoms with E-state index in [0.29, 0.717) is 27.3 Å². The van der Waals surface area contributed by atoms with Crippen LogP contribution in [0.4, 0.5) is 5.69 Å². The van der Waals surface area contributed by atoms with Crippen LogP contribution in [0.3, 0.4) is 0 Å². The van der Waals surface area contributed by atoms with Crippen LogP contribution in [0.25, 0.3) is 0 Å². The van der Waals surface area contributed by atoms with E-state index in [1.165, 1.54) is 0 Å². The van der Waals surface area contributed by atoms with Crippen molar-refractivity contribution in [2.75, 3.05) is 5.32 Å². The Bertz CT molecular complexity index is 585. The lowest BCUT2D eigenvalue weighted by molar-refractivity contribution is 0.619. The first-order valence-electron chi connectivity index (χ1n) is 6.49. The SMILES string of the molecule is CCc1cc(CNc2c(Cl)cc(Cl)cc2Cl)n(CC)n1. The molecule has 0 fully saturated rings. The predicted octanol–water partition coefficient (Wildman–Crippen LogP) is 5.04. The summed E-state index contributed by atoms with van der Waals surface area (Å²) in [4.78, 5) is 0. The Morgan fingerprint density at radius 1 is 1.10 bits per heavy atom. The Kier molecular flexibility index (Phi) is 5.19. The molecule has 20 heavy (non-hydrogen) atoms. The number of aromatic nitrogens is 2. The number of benzene rings is 1. The Morgan fingerprint density at radius 2 is 1.75 bits per heavy atom. The van der Waals surface area contributed by atoms with Crippen LogP contribution >= 0.6 is 34.8 Å². The van der Waals surface area contributed by atoms with Gasteiger partial charge >= 0.3 is 0 Å². The van der Waals surface area contributed by atoms with Crippen molar-refractivity contribution in [3.05, 3.63) is 44.7 Å². The third kappa shape index (κ3) is 3.40. The van der Waals surface area contributed by atoms with Crippen LogP contribution in [-0.4, -0.2) is 9.78 Å². The van der Waals surface area contributed by atoms with E-state index in [-0.39, 0.29) is 0 Å². The lowest BCUT2D eigenvalue weighted by atomic mass is 10.2. The summed E-state index contributed by atoms with van der Waals surface area (Å²) in [5.74, 6) is 0. The largest absolute Gasteiger partial charge is 0.377 e. The van der Waals surface area contributed by atoms with Crippen molar-refractivity contribution in [1.82, 2.24) is 9.78 Å². The molecule has 0 saturated heterocycles. The summed E-state index contributed by atoms with van der Waals surface area (Å²) in [6.45, 7) is 5.60. The molecule has 0 aliphatic rings. The second kappa shape index (κ2) is 6.70. The van der Waals surface area contributed by atoms with E-state index in [0.717, 1.165) is 24.4 Å². The summed E-state index contributed by atoms with van der Waals surface area (Å²) in [5, 5.41) is 9.32. The summed E-state index contributed by atoms with van der Waals surface area (Å²) in [7, 11) is 0. The Hall–Kier alpha value is -0.900. The van der Waals surface area contributed by atoms with Crippen molar-refractivity contribution in [1.29, 1.82) is 0 Å². The molecule has 0 radical (unpaired) electrons. The average Bonchev–Trinajstić information content (AvgIpc) is 2.80. The highest BCUT2D eigenvalue weighted by atomic mass is 35.5. The van der Waals surface area contributed by atoms with Crippen molar-refractivity contribution in [3.63, 3.8) is 0 Å². The minimum Gasteiger partial charge on any atom is -0.377 e. The minimum atomic E-state index is 0.515. The molecule has 0 aliphatic carbocycles. The monoisotopic (exact) mass is 331 g/mol. The standard InChI is InChI=1S/C14H16Cl3N3/c1-3-10-7-11(20(4-2)19-10)8-18-14-12(16)5-9(15)6-13(14)17/h5-7,18H,3-4,8H2,1-2H3. The van der Waals surface area contributed by atoms with E-state index in [2.05, 4.69) is 30.3 Å². The second-order valence-corrected chi connectivity index (χ2v) is 5.65. The maximum Gasteiger partial charge on any atom is 0.0723 e. The molecular formula is C14H16Cl3N3. The van der Waals surface area contributed by atoms with E-state index in [1.54, 1.807) is 12.1 Å². The number of nitrogens with zero attached hydrogens (tertiary/aromatic N) is 2. The highest BCUT2D eigenvalue weighted by Crippen LogP contribution is 2.33. The zero-order chi connectivity index (χ0) is 14.7. The molecule has 0 amide bonds. The Morgan fingerprint density at radius 3 is 2.30 bits per heavy atom. The topological polar surface area (TPSA) is 29.9 Å². The van der Waals surface area contributed by atoms with Crippen LogP contribution in [0.15, 0.2) is 18.2 Å². The Balaban J connectivity index is 2.18. The lowest BCUT2D eigenvalue weighted by Crippen LogP contribution is -2.08. The number of hydrogen-bond donors (Lipinski definition) is 1. The number of aryl methyl sites for hydroxylation is 2. The number of rotatable bonds is 5. The van der Waals surface area contributed by atoms with Gasteiger partial charge in [-0.05, 0) is 31.5 Å². The van der Waals surface area contributed by atoms with Crippen molar-refractivity contribution in [2.24, 2.45) is 0 Å². The molecule has 2 rings (SSSR count). The average molecular weight is 333 g/mol. The third-order valence-electron chi connectivity index (χ3n) is 3.03. The molecule has 0 bridgehead atoms. The maximum atomic E-state index is 6.15. The minimum absolute atomic E-state index is 0.515. The normalized spacial score (nSPS) is 10.8. The van der Waals surface area contributed by atoms with Crippen LogP contribution in [0.2, 0.25) is 15.1 Å². The molecule has 1 aromatic carbocycles. The maximum absolute atomic E-state index is 6.15. The first kappa shape index (κ1) is 15.5. The zero-order valence-electron chi connectivity index (χ0n) is 11.4. The molecule has 108 valence electrons. The zero-order valence-corrected chi connectivity index (χ0v) is 13.6. The lowest BCUT2D eigenvalue weighted by Gasteiger charge is -2.11. The highest BCUT2D eigenvalue weighted by Gasteiger charge is 2.10. The van der Waals surface area contributed by atoms with Gasteiger partial charge in [0.15, 0.2) is 0 Å². The van der Waals surface area contributed by atoms with E-state index >= 15 is 0 Å². The fourth-order valence-electron chi connectivity index (χ4n) is 1.99. The van der Waals surface area contributed by atoms with Gasteiger partial charge in [0, 0.05) is 11.6 Å². The second-order valence-electron chi connectivity index (χ2n) is 4.39. The van der Waals surface area contributed by atoms with Crippen LogP contribution in [0.1, 0.15) is 25.2 Å². The van der Waals surface area contributed by atoms with E-state index < -0.39 is 0 Å². The summed E-state index contributed by atoms with van der Waals surface area (Å²) < 4.78 is 1.98. The molecule has 0 spiro atoms. The van der Waals surface area contributed by atoms with Gasteiger partial charge in [0.05, 0.1) is 33.7 Å². The van der Waals surface area contributed by atoms with Gasteiger partial charge in [-0.1, -0.05) is 41.7 Å². The molecule has 1 N–H and O–H groups in total. The third-order valence-corrected chi connectivity index (χ3v) is 3.84.